The molecule has 0 saturated heterocycles. The molecular weight excluding hydrogens is 410 g/mol. The molecule has 0 aliphatic carbocycles. The van der Waals surface area contributed by atoms with E-state index in [-0.39, 0.29) is 17.2 Å². The molecule has 3 rings (SSSR count). The predicted molar refractivity (Wildman–Crippen MR) is 112 cm³/mol. The van der Waals surface area contributed by atoms with Crippen molar-refractivity contribution in [2.75, 3.05) is 7.11 Å². The lowest BCUT2D eigenvalue weighted by Crippen LogP contribution is -2.05. The van der Waals surface area contributed by atoms with Crippen molar-refractivity contribution in [3.63, 3.8) is 0 Å². The van der Waals surface area contributed by atoms with E-state index in [9.17, 15) is 14.9 Å². The number of benzene rings is 2. The Hall–Kier alpha value is -3.65. The summed E-state index contributed by atoms with van der Waals surface area (Å²) in [6.07, 6.45) is 2.68. The molecule has 30 heavy (non-hydrogen) atoms. The maximum Gasteiger partial charge on any atom is 0.336 e. The second-order valence-electron chi connectivity index (χ2n) is 6.28. The van der Waals surface area contributed by atoms with Gasteiger partial charge in [-0.05, 0) is 24.6 Å². The molecule has 0 fully saturated rings. The van der Waals surface area contributed by atoms with Crippen LogP contribution >= 0.6 is 11.6 Å². The highest BCUT2D eigenvalue weighted by Gasteiger charge is 2.16. The van der Waals surface area contributed by atoms with Crippen LogP contribution in [-0.4, -0.2) is 27.8 Å². The lowest BCUT2D eigenvalue weighted by atomic mass is 10.2. The topological polar surface area (TPSA) is 96.5 Å². The lowest BCUT2D eigenvalue weighted by molar-refractivity contribution is -0.384. The Balaban J connectivity index is 1.77. The number of methoxy groups -OCH3 is 1. The average Bonchev–Trinajstić information content (AvgIpc) is 2.99. The van der Waals surface area contributed by atoms with Gasteiger partial charge in [0.1, 0.15) is 5.15 Å². The Labute approximate surface area is 177 Å². The first-order chi connectivity index (χ1) is 14.4. The van der Waals surface area contributed by atoms with Crippen molar-refractivity contribution < 1.29 is 19.2 Å². The maximum atomic E-state index is 12.3. The smallest absolute Gasteiger partial charge is 0.336 e. The summed E-state index contributed by atoms with van der Waals surface area (Å²) in [5, 5.41) is 15.7. The highest BCUT2D eigenvalue weighted by Crippen LogP contribution is 2.31. The van der Waals surface area contributed by atoms with E-state index in [1.807, 2.05) is 30.3 Å². The summed E-state index contributed by atoms with van der Waals surface area (Å²) in [6, 6.07) is 13.5. The molecule has 0 N–H and O–H groups in total. The third kappa shape index (κ3) is 4.84. The summed E-state index contributed by atoms with van der Waals surface area (Å²) >= 11 is 6.43. The van der Waals surface area contributed by atoms with Gasteiger partial charge in [0.05, 0.1) is 30.3 Å². The molecule has 3 aromatic rings. The Bertz CT molecular complexity index is 1110. The first-order valence-electron chi connectivity index (χ1n) is 8.88. The van der Waals surface area contributed by atoms with Gasteiger partial charge in [0.25, 0.3) is 5.69 Å². The van der Waals surface area contributed by atoms with E-state index in [0.717, 1.165) is 11.6 Å². The minimum Gasteiger partial charge on any atom is -0.493 e. The Morgan fingerprint density at radius 2 is 1.97 bits per heavy atom. The predicted octanol–water partition coefficient (Wildman–Crippen LogP) is 4.43. The van der Waals surface area contributed by atoms with Crippen LogP contribution in [0.3, 0.4) is 0 Å². The normalized spacial score (nSPS) is 10.9. The second kappa shape index (κ2) is 9.23. The fourth-order valence-electron chi connectivity index (χ4n) is 2.77. The van der Waals surface area contributed by atoms with Crippen LogP contribution in [0.5, 0.6) is 11.5 Å². The third-order valence-corrected chi connectivity index (χ3v) is 4.64. The van der Waals surface area contributed by atoms with E-state index < -0.39 is 10.9 Å². The van der Waals surface area contributed by atoms with E-state index in [1.165, 1.54) is 31.4 Å². The summed E-state index contributed by atoms with van der Waals surface area (Å²) in [5.41, 5.74) is 2.04. The van der Waals surface area contributed by atoms with E-state index in [1.54, 1.807) is 11.6 Å². The fraction of sp³-hybridized carbons (Fsp3) is 0.143. The van der Waals surface area contributed by atoms with Crippen LogP contribution < -0.4 is 9.47 Å². The highest BCUT2D eigenvalue weighted by atomic mass is 35.5. The van der Waals surface area contributed by atoms with Crippen LogP contribution in [-0.2, 0) is 11.3 Å². The molecule has 0 unspecified atom stereocenters. The Morgan fingerprint density at radius 1 is 1.23 bits per heavy atom. The van der Waals surface area contributed by atoms with E-state index in [0.29, 0.717) is 23.0 Å². The number of rotatable bonds is 7. The Morgan fingerprint density at radius 3 is 2.63 bits per heavy atom. The summed E-state index contributed by atoms with van der Waals surface area (Å²) in [7, 11) is 1.37. The summed E-state index contributed by atoms with van der Waals surface area (Å²) in [5.74, 6) is -0.587. The van der Waals surface area contributed by atoms with Crippen molar-refractivity contribution in [3.8, 4) is 11.5 Å². The van der Waals surface area contributed by atoms with Crippen LogP contribution in [0, 0.1) is 17.0 Å². The molecule has 154 valence electrons. The van der Waals surface area contributed by atoms with Gasteiger partial charge in [-0.15, -0.1) is 0 Å². The number of nitro benzene ring substituents is 1. The molecule has 1 heterocycles. The summed E-state index contributed by atoms with van der Waals surface area (Å²) in [4.78, 5) is 22.6. The minimum atomic E-state index is -0.736. The van der Waals surface area contributed by atoms with Crippen molar-refractivity contribution >= 4 is 29.3 Å². The van der Waals surface area contributed by atoms with Crippen molar-refractivity contribution in [2.45, 2.75) is 13.5 Å². The number of esters is 1. The molecule has 0 atom stereocenters. The molecule has 0 aliphatic rings. The summed E-state index contributed by atoms with van der Waals surface area (Å²) < 4.78 is 11.9. The number of nitro groups is 1. The van der Waals surface area contributed by atoms with Crippen LogP contribution in [0.15, 0.2) is 54.6 Å². The van der Waals surface area contributed by atoms with Crippen LogP contribution in [0.4, 0.5) is 5.69 Å². The van der Waals surface area contributed by atoms with Gasteiger partial charge in [-0.3, -0.25) is 10.1 Å². The van der Waals surface area contributed by atoms with Gasteiger partial charge >= 0.3 is 5.97 Å². The molecule has 8 nitrogen and oxygen atoms in total. The molecular formula is C21H18ClN3O5. The molecule has 0 amide bonds. The first-order valence-corrected chi connectivity index (χ1v) is 9.26. The quantitative estimate of drug-likeness (QED) is 0.182. The molecule has 0 spiro atoms. The van der Waals surface area contributed by atoms with Gasteiger partial charge in [-0.25, -0.2) is 9.48 Å². The molecule has 2 aromatic carbocycles. The highest BCUT2D eigenvalue weighted by molar-refractivity contribution is 6.31. The van der Waals surface area contributed by atoms with Gasteiger partial charge < -0.3 is 9.47 Å². The molecule has 1 aromatic heterocycles. The van der Waals surface area contributed by atoms with Gasteiger partial charge in [0.2, 0.25) is 0 Å². The fourth-order valence-corrected chi connectivity index (χ4v) is 3.07. The SMILES string of the molecule is COc1ccc([N+](=O)[O-])cc1OC(=O)C=Cc1c(C)nn(Cc2ccccc2)c1Cl. The largest absolute Gasteiger partial charge is 0.493 e. The monoisotopic (exact) mass is 427 g/mol. The number of hydrogen-bond acceptors (Lipinski definition) is 6. The summed E-state index contributed by atoms with van der Waals surface area (Å²) in [6.45, 7) is 2.27. The number of aryl methyl sites for hydroxylation is 1. The molecule has 0 saturated carbocycles. The molecule has 9 heteroatoms. The molecule has 0 radical (unpaired) electrons. The lowest BCUT2D eigenvalue weighted by Gasteiger charge is -2.07. The van der Waals surface area contributed by atoms with Gasteiger partial charge in [0.15, 0.2) is 11.5 Å². The number of ether oxygens (including phenoxy) is 2. The van der Waals surface area contributed by atoms with Gasteiger partial charge in [-0.2, -0.15) is 5.10 Å². The van der Waals surface area contributed by atoms with Crippen LogP contribution in [0.25, 0.3) is 6.08 Å². The van der Waals surface area contributed by atoms with Crippen molar-refractivity contribution in [3.05, 3.63) is 86.7 Å². The second-order valence-corrected chi connectivity index (χ2v) is 6.64. The number of halogens is 1. The van der Waals surface area contributed by atoms with Crippen LogP contribution in [0.2, 0.25) is 5.15 Å². The maximum absolute atomic E-state index is 12.3. The Kier molecular flexibility index (Phi) is 6.48. The average molecular weight is 428 g/mol. The van der Waals surface area contributed by atoms with Crippen molar-refractivity contribution in [1.29, 1.82) is 0 Å². The minimum absolute atomic E-state index is 0.0519. The van der Waals surface area contributed by atoms with E-state index in [4.69, 9.17) is 21.1 Å². The third-order valence-electron chi connectivity index (χ3n) is 4.24. The van der Waals surface area contributed by atoms with E-state index >= 15 is 0 Å². The number of nitrogens with zero attached hydrogens (tertiary/aromatic N) is 3. The zero-order valence-corrected chi connectivity index (χ0v) is 17.0. The number of carbonyl (C=O) groups excluding carboxylic acids is 1. The van der Waals surface area contributed by atoms with E-state index in [2.05, 4.69) is 5.10 Å². The number of hydrogen-bond donors (Lipinski definition) is 0. The standard InChI is InChI=1S/C21H18ClN3O5/c1-14-17(21(22)24(23-14)13-15-6-4-3-5-7-15)9-11-20(26)30-19-12-16(25(27)28)8-10-18(19)29-2/h3-12H,13H2,1-2H3. The number of non-ortho nitro benzene ring substituents is 1. The molecule has 0 aliphatic heterocycles. The van der Waals surface area contributed by atoms with Gasteiger partial charge in [-0.1, -0.05) is 41.9 Å². The number of aromatic nitrogens is 2. The zero-order chi connectivity index (χ0) is 21.7. The van der Waals surface area contributed by atoms with Crippen molar-refractivity contribution in [2.24, 2.45) is 0 Å². The number of carbonyl (C=O) groups is 1. The first kappa shape index (κ1) is 21.1. The van der Waals surface area contributed by atoms with Crippen LogP contribution in [0.1, 0.15) is 16.8 Å². The molecule has 0 bridgehead atoms. The zero-order valence-electron chi connectivity index (χ0n) is 16.2. The van der Waals surface area contributed by atoms with Gasteiger partial charge in [0, 0.05) is 17.7 Å². The van der Waals surface area contributed by atoms with Crippen molar-refractivity contribution in [1.82, 2.24) is 9.78 Å².